The van der Waals surface area contributed by atoms with Crippen LogP contribution >= 0.6 is 0 Å². The number of rotatable bonds is 7. The van der Waals surface area contributed by atoms with Crippen LogP contribution in [0.1, 0.15) is 22.8 Å². The van der Waals surface area contributed by atoms with Crippen molar-refractivity contribution >= 4 is 5.91 Å². The topological polar surface area (TPSA) is 66.0 Å². The summed E-state index contributed by atoms with van der Waals surface area (Å²) in [6, 6.07) is 10.9. The van der Waals surface area contributed by atoms with Gasteiger partial charge in [-0.05, 0) is 49.2 Å². The molecule has 25 heavy (non-hydrogen) atoms. The Balaban J connectivity index is 1.58. The van der Waals surface area contributed by atoms with E-state index < -0.39 is 0 Å². The first-order valence-electron chi connectivity index (χ1n) is 8.19. The molecule has 0 unspecified atom stereocenters. The minimum atomic E-state index is -0.149. The molecule has 3 rings (SSSR count). The molecule has 1 N–H and O–H groups in total. The predicted octanol–water partition coefficient (Wildman–Crippen LogP) is 2.80. The third kappa shape index (κ3) is 3.96. The molecule has 0 atom stereocenters. The van der Waals surface area contributed by atoms with E-state index in [-0.39, 0.29) is 12.7 Å². The third-order valence-electron chi connectivity index (χ3n) is 3.86. The van der Waals surface area contributed by atoms with Gasteiger partial charge in [0, 0.05) is 12.1 Å². The van der Waals surface area contributed by atoms with Gasteiger partial charge in [-0.15, -0.1) is 0 Å². The maximum Gasteiger partial charge on any atom is 0.251 e. The van der Waals surface area contributed by atoms with Crippen molar-refractivity contribution in [3.05, 3.63) is 47.5 Å². The van der Waals surface area contributed by atoms with E-state index >= 15 is 0 Å². The van der Waals surface area contributed by atoms with Gasteiger partial charge in [0.05, 0.1) is 13.7 Å². The van der Waals surface area contributed by atoms with Gasteiger partial charge in [0.2, 0.25) is 6.79 Å². The molecule has 1 amide bonds. The van der Waals surface area contributed by atoms with E-state index in [1.54, 1.807) is 25.3 Å². The molecule has 132 valence electrons. The lowest BCUT2D eigenvalue weighted by Gasteiger charge is -2.11. The highest BCUT2D eigenvalue weighted by Crippen LogP contribution is 2.32. The normalized spacial score (nSPS) is 11.9. The molecule has 0 spiro atoms. The molecular weight excluding hydrogens is 322 g/mol. The number of nitrogens with one attached hydrogen (secondary N) is 1. The molecule has 0 saturated heterocycles. The van der Waals surface area contributed by atoms with Crippen molar-refractivity contribution in [1.82, 2.24) is 5.32 Å². The Morgan fingerprint density at radius 1 is 1.12 bits per heavy atom. The van der Waals surface area contributed by atoms with Crippen LogP contribution in [0.15, 0.2) is 36.4 Å². The zero-order valence-electron chi connectivity index (χ0n) is 14.3. The van der Waals surface area contributed by atoms with Crippen molar-refractivity contribution < 1.29 is 23.7 Å². The van der Waals surface area contributed by atoms with Crippen molar-refractivity contribution in [1.29, 1.82) is 0 Å². The van der Waals surface area contributed by atoms with Gasteiger partial charge in [-0.1, -0.05) is 6.07 Å². The molecule has 0 fully saturated rings. The molecule has 0 radical (unpaired) electrons. The number of hydrogen-bond donors (Lipinski definition) is 1. The highest BCUT2D eigenvalue weighted by atomic mass is 16.7. The van der Waals surface area contributed by atoms with Crippen molar-refractivity contribution in [3.63, 3.8) is 0 Å². The highest BCUT2D eigenvalue weighted by Gasteiger charge is 2.14. The fourth-order valence-corrected chi connectivity index (χ4v) is 2.61. The summed E-state index contributed by atoms with van der Waals surface area (Å²) >= 11 is 0. The maximum atomic E-state index is 12.3. The monoisotopic (exact) mass is 343 g/mol. The number of carbonyl (C=O) groups is 1. The Morgan fingerprint density at radius 3 is 2.76 bits per heavy atom. The van der Waals surface area contributed by atoms with Crippen molar-refractivity contribution in [2.24, 2.45) is 0 Å². The lowest BCUT2D eigenvalue weighted by atomic mass is 10.1. The van der Waals surface area contributed by atoms with Gasteiger partial charge in [-0.25, -0.2) is 0 Å². The molecule has 6 heteroatoms. The lowest BCUT2D eigenvalue weighted by molar-refractivity contribution is 0.0953. The van der Waals surface area contributed by atoms with Gasteiger partial charge in [-0.2, -0.15) is 0 Å². The van der Waals surface area contributed by atoms with E-state index in [0.717, 1.165) is 17.1 Å². The van der Waals surface area contributed by atoms with Crippen LogP contribution in [-0.4, -0.2) is 33.0 Å². The summed E-state index contributed by atoms with van der Waals surface area (Å²) < 4.78 is 21.4. The van der Waals surface area contributed by atoms with E-state index in [0.29, 0.717) is 36.6 Å². The highest BCUT2D eigenvalue weighted by molar-refractivity contribution is 5.94. The van der Waals surface area contributed by atoms with Crippen LogP contribution in [0.5, 0.6) is 23.0 Å². The number of carbonyl (C=O) groups excluding carboxylic acids is 1. The Labute approximate surface area is 146 Å². The first-order valence-corrected chi connectivity index (χ1v) is 8.19. The number of methoxy groups -OCH3 is 1. The minimum absolute atomic E-state index is 0.149. The van der Waals surface area contributed by atoms with E-state index in [9.17, 15) is 4.79 Å². The van der Waals surface area contributed by atoms with Crippen LogP contribution in [0.3, 0.4) is 0 Å². The van der Waals surface area contributed by atoms with Crippen LogP contribution in [0.2, 0.25) is 0 Å². The second-order valence-corrected chi connectivity index (χ2v) is 5.49. The van der Waals surface area contributed by atoms with Crippen molar-refractivity contribution in [2.45, 2.75) is 13.3 Å². The number of ether oxygens (including phenoxy) is 4. The zero-order valence-corrected chi connectivity index (χ0v) is 14.3. The van der Waals surface area contributed by atoms with Crippen LogP contribution in [0, 0.1) is 0 Å². The molecule has 0 aromatic heterocycles. The van der Waals surface area contributed by atoms with Gasteiger partial charge in [-0.3, -0.25) is 4.79 Å². The number of hydrogen-bond acceptors (Lipinski definition) is 5. The second-order valence-electron chi connectivity index (χ2n) is 5.49. The second kappa shape index (κ2) is 7.79. The molecule has 2 aromatic rings. The SMILES string of the molecule is CCOc1cc(C(=O)NCCc2ccc3c(c2)OCO3)ccc1OC. The number of benzene rings is 2. The summed E-state index contributed by atoms with van der Waals surface area (Å²) in [6.45, 7) is 3.17. The maximum absolute atomic E-state index is 12.3. The van der Waals surface area contributed by atoms with E-state index in [1.165, 1.54) is 0 Å². The lowest BCUT2D eigenvalue weighted by Crippen LogP contribution is -2.25. The standard InChI is InChI=1S/C19H21NO5/c1-3-23-18-11-14(5-7-15(18)22-2)19(21)20-9-8-13-4-6-16-17(10-13)25-12-24-16/h4-7,10-11H,3,8-9,12H2,1-2H3,(H,20,21). The summed E-state index contributed by atoms with van der Waals surface area (Å²) in [6.07, 6.45) is 0.705. The summed E-state index contributed by atoms with van der Waals surface area (Å²) in [4.78, 5) is 12.3. The molecular formula is C19H21NO5. The number of amides is 1. The largest absolute Gasteiger partial charge is 0.493 e. The Bertz CT molecular complexity index is 759. The molecule has 1 aliphatic rings. The molecule has 0 aliphatic carbocycles. The van der Waals surface area contributed by atoms with E-state index in [1.807, 2.05) is 25.1 Å². The molecule has 1 heterocycles. The Hall–Kier alpha value is -2.89. The summed E-state index contributed by atoms with van der Waals surface area (Å²) in [7, 11) is 1.57. The summed E-state index contributed by atoms with van der Waals surface area (Å²) in [5.41, 5.74) is 1.62. The van der Waals surface area contributed by atoms with Crippen LogP contribution in [0.25, 0.3) is 0 Å². The summed E-state index contributed by atoms with van der Waals surface area (Å²) in [5.74, 6) is 2.53. The minimum Gasteiger partial charge on any atom is -0.493 e. The Morgan fingerprint density at radius 2 is 1.96 bits per heavy atom. The smallest absolute Gasteiger partial charge is 0.251 e. The first kappa shape index (κ1) is 17.0. The van der Waals surface area contributed by atoms with E-state index in [4.69, 9.17) is 18.9 Å². The fourth-order valence-electron chi connectivity index (χ4n) is 2.61. The van der Waals surface area contributed by atoms with Gasteiger partial charge < -0.3 is 24.3 Å². The predicted molar refractivity (Wildman–Crippen MR) is 92.8 cm³/mol. The van der Waals surface area contributed by atoms with Crippen molar-refractivity contribution in [3.8, 4) is 23.0 Å². The van der Waals surface area contributed by atoms with Crippen LogP contribution in [0.4, 0.5) is 0 Å². The van der Waals surface area contributed by atoms with Crippen molar-refractivity contribution in [2.75, 3.05) is 27.1 Å². The molecule has 6 nitrogen and oxygen atoms in total. The summed E-state index contributed by atoms with van der Waals surface area (Å²) in [5, 5.41) is 2.91. The molecule has 1 aliphatic heterocycles. The van der Waals surface area contributed by atoms with Gasteiger partial charge >= 0.3 is 0 Å². The molecule has 0 bridgehead atoms. The van der Waals surface area contributed by atoms with Gasteiger partial charge in [0.15, 0.2) is 23.0 Å². The first-order chi connectivity index (χ1) is 12.2. The average molecular weight is 343 g/mol. The molecule has 0 saturated carbocycles. The third-order valence-corrected chi connectivity index (χ3v) is 3.86. The Kier molecular flexibility index (Phi) is 5.28. The van der Waals surface area contributed by atoms with Crippen LogP contribution < -0.4 is 24.3 Å². The number of fused-ring (bicyclic) bond motifs is 1. The van der Waals surface area contributed by atoms with E-state index in [2.05, 4.69) is 5.32 Å². The fraction of sp³-hybridized carbons (Fsp3) is 0.316. The van der Waals surface area contributed by atoms with Gasteiger partial charge in [0.1, 0.15) is 0 Å². The molecule has 2 aromatic carbocycles. The average Bonchev–Trinajstić information content (AvgIpc) is 3.09. The quantitative estimate of drug-likeness (QED) is 0.837. The zero-order chi connectivity index (χ0) is 17.6. The van der Waals surface area contributed by atoms with Gasteiger partial charge in [0.25, 0.3) is 5.91 Å². The van der Waals surface area contributed by atoms with Crippen LogP contribution in [-0.2, 0) is 6.42 Å².